The maximum Gasteiger partial charge on any atom is 0.254 e. The van der Waals surface area contributed by atoms with E-state index in [9.17, 15) is 21.6 Å². The third-order valence-electron chi connectivity index (χ3n) is 5.12. The molecule has 0 aromatic heterocycles. The first-order valence-electron chi connectivity index (χ1n) is 9.45. The Morgan fingerprint density at radius 3 is 2.50 bits per heavy atom. The van der Waals surface area contributed by atoms with E-state index in [0.29, 0.717) is 24.1 Å². The summed E-state index contributed by atoms with van der Waals surface area (Å²) in [7, 11) is -7.01. The molecule has 1 aromatic carbocycles. The van der Waals surface area contributed by atoms with E-state index in [1.807, 2.05) is 0 Å². The van der Waals surface area contributed by atoms with Gasteiger partial charge in [-0.2, -0.15) is 0 Å². The van der Waals surface area contributed by atoms with Crippen molar-refractivity contribution in [3.8, 4) is 0 Å². The van der Waals surface area contributed by atoms with E-state index >= 15 is 0 Å². The maximum absolute atomic E-state index is 13.2. The molecule has 3 rings (SSSR count). The lowest BCUT2D eigenvalue weighted by Crippen LogP contribution is -2.49. The third-order valence-corrected chi connectivity index (χ3v) is 7.33. The van der Waals surface area contributed by atoms with Gasteiger partial charge >= 0.3 is 0 Å². The Kier molecular flexibility index (Phi) is 6.14. The largest absolute Gasteiger partial charge is 0.334 e. The first kappa shape index (κ1) is 21.2. The predicted molar refractivity (Wildman–Crippen MR) is 106 cm³/mol. The van der Waals surface area contributed by atoms with Crippen LogP contribution in [0, 0.1) is 6.92 Å². The van der Waals surface area contributed by atoms with Gasteiger partial charge < -0.3 is 4.90 Å². The minimum Gasteiger partial charge on any atom is -0.334 e. The van der Waals surface area contributed by atoms with Gasteiger partial charge in [0, 0.05) is 30.7 Å². The molecule has 1 aliphatic heterocycles. The van der Waals surface area contributed by atoms with E-state index in [4.69, 9.17) is 0 Å². The summed E-state index contributed by atoms with van der Waals surface area (Å²) in [4.78, 5) is 14.9. The molecule has 0 bridgehead atoms. The number of carbonyl (C=O) groups excluding carboxylic acids is 1. The van der Waals surface area contributed by atoms with Crippen LogP contribution in [-0.2, 0) is 20.0 Å². The molecule has 1 amide bonds. The van der Waals surface area contributed by atoms with Gasteiger partial charge in [0.2, 0.25) is 20.0 Å². The summed E-state index contributed by atoms with van der Waals surface area (Å²) in [5.74, 6) is -0.263. The monoisotopic (exact) mass is 429 g/mol. The van der Waals surface area contributed by atoms with Gasteiger partial charge in [-0.1, -0.05) is 6.07 Å². The molecule has 1 saturated heterocycles. The molecule has 8 nitrogen and oxygen atoms in total. The lowest BCUT2D eigenvalue weighted by atomic mass is 9.99. The molecule has 1 aliphatic carbocycles. The van der Waals surface area contributed by atoms with Crippen molar-refractivity contribution in [2.24, 2.45) is 0 Å². The fourth-order valence-electron chi connectivity index (χ4n) is 3.37. The molecule has 0 spiro atoms. The van der Waals surface area contributed by atoms with Gasteiger partial charge in [-0.25, -0.2) is 26.3 Å². The Balaban J connectivity index is 1.84. The van der Waals surface area contributed by atoms with Gasteiger partial charge in [0.05, 0.1) is 11.2 Å². The zero-order valence-corrected chi connectivity index (χ0v) is 17.8. The number of piperidine rings is 1. The van der Waals surface area contributed by atoms with E-state index in [0.717, 1.165) is 31.9 Å². The molecule has 10 heteroatoms. The SMILES string of the molecule is Cc1ccc(S(=O)(=O)NC2CC2)cc1C(=O)N1CCCCC1CNS(C)(=O)=O. The van der Waals surface area contributed by atoms with Gasteiger partial charge in [-0.05, 0) is 56.7 Å². The van der Waals surface area contributed by atoms with Crippen LogP contribution >= 0.6 is 0 Å². The lowest BCUT2D eigenvalue weighted by molar-refractivity contribution is 0.0617. The van der Waals surface area contributed by atoms with Gasteiger partial charge in [0.1, 0.15) is 0 Å². The second-order valence-corrected chi connectivity index (χ2v) is 11.2. The van der Waals surface area contributed by atoms with Crippen LogP contribution in [0.5, 0.6) is 0 Å². The van der Waals surface area contributed by atoms with E-state index in [1.165, 1.54) is 12.1 Å². The number of amides is 1. The Morgan fingerprint density at radius 1 is 1.14 bits per heavy atom. The van der Waals surface area contributed by atoms with Crippen molar-refractivity contribution in [2.45, 2.75) is 56.0 Å². The van der Waals surface area contributed by atoms with E-state index in [-0.39, 0.29) is 29.4 Å². The zero-order chi connectivity index (χ0) is 20.5. The molecule has 156 valence electrons. The first-order chi connectivity index (χ1) is 13.1. The van der Waals surface area contributed by atoms with Gasteiger partial charge in [-0.3, -0.25) is 4.79 Å². The van der Waals surface area contributed by atoms with Crippen molar-refractivity contribution in [1.82, 2.24) is 14.3 Å². The van der Waals surface area contributed by atoms with E-state index in [2.05, 4.69) is 9.44 Å². The van der Waals surface area contributed by atoms with Crippen LogP contribution in [0.15, 0.2) is 23.1 Å². The number of nitrogens with zero attached hydrogens (tertiary/aromatic N) is 1. The zero-order valence-electron chi connectivity index (χ0n) is 16.1. The van der Waals surface area contributed by atoms with Crippen LogP contribution in [0.3, 0.4) is 0 Å². The lowest BCUT2D eigenvalue weighted by Gasteiger charge is -2.36. The number of benzene rings is 1. The van der Waals surface area contributed by atoms with E-state index in [1.54, 1.807) is 17.9 Å². The predicted octanol–water partition coefficient (Wildman–Crippen LogP) is 0.980. The Morgan fingerprint density at radius 2 is 1.86 bits per heavy atom. The van der Waals surface area contributed by atoms with Crippen LogP contribution in [0.1, 0.15) is 48.0 Å². The molecule has 2 N–H and O–H groups in total. The second kappa shape index (κ2) is 8.10. The molecule has 2 aliphatic rings. The minimum atomic E-state index is -3.66. The van der Waals surface area contributed by atoms with Crippen LogP contribution in [0.2, 0.25) is 0 Å². The fraction of sp³-hybridized carbons (Fsp3) is 0.611. The molecule has 1 unspecified atom stereocenters. The summed E-state index contributed by atoms with van der Waals surface area (Å²) in [5, 5.41) is 0. The average molecular weight is 430 g/mol. The number of carbonyl (C=O) groups is 1. The number of rotatable bonds is 7. The van der Waals surface area contributed by atoms with Crippen molar-refractivity contribution in [2.75, 3.05) is 19.3 Å². The Labute approximate surface area is 166 Å². The highest BCUT2D eigenvalue weighted by Gasteiger charge is 2.31. The van der Waals surface area contributed by atoms with Crippen molar-refractivity contribution in [1.29, 1.82) is 0 Å². The summed E-state index contributed by atoms with van der Waals surface area (Å²) >= 11 is 0. The fourth-order valence-corrected chi connectivity index (χ4v) is 5.20. The number of hydrogen-bond donors (Lipinski definition) is 2. The smallest absolute Gasteiger partial charge is 0.254 e. The summed E-state index contributed by atoms with van der Waals surface area (Å²) in [6.45, 7) is 2.45. The molecule has 1 aromatic rings. The van der Waals surface area contributed by atoms with Crippen LogP contribution < -0.4 is 9.44 Å². The highest BCUT2D eigenvalue weighted by atomic mass is 32.2. The number of nitrogens with one attached hydrogen (secondary N) is 2. The molecule has 1 heterocycles. The van der Waals surface area contributed by atoms with Gasteiger partial charge in [0.25, 0.3) is 5.91 Å². The first-order valence-corrected chi connectivity index (χ1v) is 12.8. The molecule has 28 heavy (non-hydrogen) atoms. The quantitative estimate of drug-likeness (QED) is 0.671. The second-order valence-electron chi connectivity index (χ2n) is 7.64. The Hall–Kier alpha value is -1.49. The number of likely N-dealkylation sites (tertiary alicyclic amines) is 1. The summed E-state index contributed by atoms with van der Waals surface area (Å²) in [6.07, 6.45) is 5.21. The molecular weight excluding hydrogens is 402 g/mol. The number of hydrogen-bond acceptors (Lipinski definition) is 5. The minimum absolute atomic E-state index is 0.0148. The van der Waals surface area contributed by atoms with Crippen LogP contribution in [0.25, 0.3) is 0 Å². The molecule has 2 fully saturated rings. The molecule has 0 radical (unpaired) electrons. The van der Waals surface area contributed by atoms with Crippen LogP contribution in [0.4, 0.5) is 0 Å². The normalized spacial score (nSPS) is 20.9. The highest BCUT2D eigenvalue weighted by molar-refractivity contribution is 7.89. The molecule has 1 atom stereocenters. The van der Waals surface area contributed by atoms with E-state index < -0.39 is 20.0 Å². The summed E-state index contributed by atoms with van der Waals surface area (Å²) < 4.78 is 53.0. The van der Waals surface area contributed by atoms with Crippen LogP contribution in [-0.4, -0.2) is 59.1 Å². The maximum atomic E-state index is 13.2. The van der Waals surface area contributed by atoms with Gasteiger partial charge in [-0.15, -0.1) is 0 Å². The van der Waals surface area contributed by atoms with Gasteiger partial charge in [0.15, 0.2) is 0 Å². The third kappa shape index (κ3) is 5.31. The van der Waals surface area contributed by atoms with Crippen molar-refractivity contribution in [3.63, 3.8) is 0 Å². The number of aryl methyl sites for hydroxylation is 1. The average Bonchev–Trinajstić information content (AvgIpc) is 3.42. The van der Waals surface area contributed by atoms with Crippen molar-refractivity contribution in [3.05, 3.63) is 29.3 Å². The van der Waals surface area contributed by atoms with Crippen molar-refractivity contribution >= 4 is 26.0 Å². The highest BCUT2D eigenvalue weighted by Crippen LogP contribution is 2.25. The number of sulfonamides is 2. The van der Waals surface area contributed by atoms with Crippen molar-refractivity contribution < 1.29 is 21.6 Å². The topological polar surface area (TPSA) is 113 Å². The molecule has 1 saturated carbocycles. The Bertz CT molecular complexity index is 955. The molecular formula is C18H27N3O5S2. The summed E-state index contributed by atoms with van der Waals surface area (Å²) in [5.41, 5.74) is 1.03. The summed E-state index contributed by atoms with van der Waals surface area (Å²) in [6, 6.07) is 4.31. The standard InChI is InChI=1S/C18H27N3O5S2/c1-13-6-9-16(28(25,26)20-14-7-8-14)11-17(13)18(22)21-10-4-3-5-15(21)12-19-27(2,23)24/h6,9,11,14-15,19-20H,3-5,7-8,10,12H2,1-2H3.